The van der Waals surface area contributed by atoms with Crippen LogP contribution in [-0.2, 0) is 21.2 Å². The molecular formula is C27H36N3O4S+. The summed E-state index contributed by atoms with van der Waals surface area (Å²) in [4.78, 5) is 13.7. The van der Waals surface area contributed by atoms with E-state index in [1.807, 2.05) is 37.2 Å². The van der Waals surface area contributed by atoms with E-state index in [9.17, 15) is 18.3 Å². The molecule has 1 fully saturated rings. The smallest absolute Gasteiger partial charge is 0.322 e. The van der Waals surface area contributed by atoms with Gasteiger partial charge in [0.2, 0.25) is 10.0 Å². The fraction of sp³-hybridized carbons (Fsp3) is 0.370. The number of benzene rings is 3. The first kappa shape index (κ1) is 26.7. The number of quaternary nitrogens is 1. The van der Waals surface area contributed by atoms with Crippen molar-refractivity contribution in [3.05, 3.63) is 72.3 Å². The molecule has 0 amide bonds. The van der Waals surface area contributed by atoms with Crippen molar-refractivity contribution >= 4 is 32.5 Å². The average Bonchev–Trinajstić information content (AvgIpc) is 2.84. The van der Waals surface area contributed by atoms with Crippen LogP contribution >= 0.6 is 0 Å². The van der Waals surface area contributed by atoms with Crippen molar-refractivity contribution in [1.82, 2.24) is 4.72 Å². The number of carbonyl (C=O) groups is 1. The molecular weight excluding hydrogens is 462 g/mol. The number of nitrogens with one attached hydrogen (secondary N) is 1. The maximum atomic E-state index is 13.0. The van der Waals surface area contributed by atoms with Gasteiger partial charge in [-0.25, -0.2) is 8.42 Å². The van der Waals surface area contributed by atoms with Gasteiger partial charge in [0.05, 0.1) is 10.9 Å². The summed E-state index contributed by atoms with van der Waals surface area (Å²) in [5, 5.41) is 10.9. The molecule has 0 aromatic heterocycles. The Morgan fingerprint density at radius 2 is 1.60 bits per heavy atom. The van der Waals surface area contributed by atoms with E-state index >= 15 is 0 Å². The minimum atomic E-state index is -4.04. The molecule has 3 aromatic rings. The quantitative estimate of drug-likeness (QED) is 0.462. The third kappa shape index (κ3) is 7.27. The van der Waals surface area contributed by atoms with Gasteiger partial charge in [0.25, 0.3) is 0 Å². The van der Waals surface area contributed by atoms with E-state index in [2.05, 4.69) is 10.5 Å². The summed E-state index contributed by atoms with van der Waals surface area (Å²) < 4.78 is 28.4. The Morgan fingerprint density at radius 1 is 0.971 bits per heavy atom. The predicted molar refractivity (Wildman–Crippen MR) is 140 cm³/mol. The molecule has 35 heavy (non-hydrogen) atoms. The lowest BCUT2D eigenvalue weighted by Crippen LogP contribution is -2.61. The molecule has 1 aliphatic rings. The molecule has 7 nitrogen and oxygen atoms in total. The Morgan fingerprint density at radius 3 is 2.17 bits per heavy atom. The topological polar surface area (TPSA) is 114 Å². The Hall–Kier alpha value is -2.94. The van der Waals surface area contributed by atoms with Crippen molar-refractivity contribution in [1.29, 1.82) is 0 Å². The monoisotopic (exact) mass is 498 g/mol. The average molecular weight is 499 g/mol. The number of rotatable bonds is 7. The molecule has 1 atom stereocenters. The van der Waals surface area contributed by atoms with E-state index in [-0.39, 0.29) is 11.3 Å². The third-order valence-corrected chi connectivity index (χ3v) is 7.76. The van der Waals surface area contributed by atoms with E-state index < -0.39 is 22.0 Å². The number of fused-ring (bicyclic) bond motifs is 1. The molecule has 0 bridgehead atoms. The number of hydrogen-bond donors (Lipinski definition) is 3. The van der Waals surface area contributed by atoms with Crippen molar-refractivity contribution in [2.45, 2.75) is 55.5 Å². The highest BCUT2D eigenvalue weighted by atomic mass is 32.2. The van der Waals surface area contributed by atoms with E-state index in [0.29, 0.717) is 5.39 Å². The molecule has 0 heterocycles. The minimum Gasteiger partial charge on any atom is -0.480 e. The Kier molecular flexibility index (Phi) is 9.26. The second-order valence-corrected chi connectivity index (χ2v) is 10.9. The maximum Gasteiger partial charge on any atom is 0.322 e. The summed E-state index contributed by atoms with van der Waals surface area (Å²) in [6.07, 6.45) is 7.11. The second kappa shape index (κ2) is 12.2. The van der Waals surface area contributed by atoms with Gasteiger partial charge in [-0.05, 0) is 49.8 Å². The largest absolute Gasteiger partial charge is 0.480 e. The van der Waals surface area contributed by atoms with E-state index in [1.165, 1.54) is 38.2 Å². The van der Waals surface area contributed by atoms with Gasteiger partial charge in [-0.15, -0.1) is 0 Å². The van der Waals surface area contributed by atoms with Crippen LogP contribution in [0.25, 0.3) is 10.8 Å². The van der Waals surface area contributed by atoms with Crippen LogP contribution in [0.4, 0.5) is 5.69 Å². The molecule has 4 rings (SSSR count). The summed E-state index contributed by atoms with van der Waals surface area (Å²) in [5.41, 5.74) is 5.62. The first-order chi connectivity index (χ1) is 16.7. The Bertz CT molecular complexity index is 1220. The van der Waals surface area contributed by atoms with Gasteiger partial charge < -0.3 is 15.7 Å². The molecule has 1 saturated carbocycles. The molecule has 1 aliphatic carbocycles. The molecule has 188 valence electrons. The SMILES string of the molecule is CN(C)c1cccc2c(S(=O)(=O)NC(Cc3ccccc3)C(=O)O)cccc12.[NH3+]C1CCCCC1. The zero-order valence-electron chi connectivity index (χ0n) is 20.5. The summed E-state index contributed by atoms with van der Waals surface area (Å²) >= 11 is 0. The summed E-state index contributed by atoms with van der Waals surface area (Å²) in [7, 11) is -0.276. The minimum absolute atomic E-state index is 0.0586. The van der Waals surface area contributed by atoms with Crippen LogP contribution in [0.5, 0.6) is 0 Å². The molecule has 0 spiro atoms. The fourth-order valence-electron chi connectivity index (χ4n) is 4.36. The van der Waals surface area contributed by atoms with Gasteiger partial charge in [-0.3, -0.25) is 4.79 Å². The number of carboxylic acids is 1. The molecule has 5 N–H and O–H groups in total. The third-order valence-electron chi connectivity index (χ3n) is 6.23. The van der Waals surface area contributed by atoms with Crippen LogP contribution in [-0.4, -0.2) is 45.7 Å². The van der Waals surface area contributed by atoms with Crippen LogP contribution in [0.2, 0.25) is 0 Å². The van der Waals surface area contributed by atoms with Gasteiger partial charge in [0.15, 0.2) is 0 Å². The number of nitrogens with zero attached hydrogens (tertiary/aromatic N) is 1. The van der Waals surface area contributed by atoms with Crippen LogP contribution in [0.3, 0.4) is 0 Å². The Balaban J connectivity index is 0.000000420. The highest BCUT2D eigenvalue weighted by Crippen LogP contribution is 2.30. The maximum absolute atomic E-state index is 13.0. The zero-order chi connectivity index (χ0) is 25.4. The van der Waals surface area contributed by atoms with E-state index in [4.69, 9.17) is 0 Å². The van der Waals surface area contributed by atoms with Crippen molar-refractivity contribution in [2.24, 2.45) is 0 Å². The van der Waals surface area contributed by atoms with Gasteiger partial charge in [-0.2, -0.15) is 4.72 Å². The normalized spacial score (nSPS) is 15.2. The molecule has 0 saturated heterocycles. The van der Waals surface area contributed by atoms with E-state index in [1.54, 1.807) is 42.5 Å². The highest BCUT2D eigenvalue weighted by Gasteiger charge is 2.27. The fourth-order valence-corrected chi connectivity index (χ4v) is 5.77. The lowest BCUT2D eigenvalue weighted by Gasteiger charge is -2.18. The first-order valence-corrected chi connectivity index (χ1v) is 13.5. The van der Waals surface area contributed by atoms with Crippen LogP contribution in [0, 0.1) is 0 Å². The summed E-state index contributed by atoms with van der Waals surface area (Å²) in [6.45, 7) is 0. The van der Waals surface area contributed by atoms with Crippen LogP contribution < -0.4 is 15.4 Å². The number of anilines is 1. The lowest BCUT2D eigenvalue weighted by atomic mass is 9.97. The van der Waals surface area contributed by atoms with Crippen molar-refractivity contribution in [3.8, 4) is 0 Å². The Labute approximate surface area is 208 Å². The molecule has 3 aromatic carbocycles. The molecule has 1 unspecified atom stereocenters. The number of hydrogen-bond acceptors (Lipinski definition) is 4. The van der Waals surface area contributed by atoms with Crippen LogP contribution in [0.1, 0.15) is 37.7 Å². The van der Waals surface area contributed by atoms with Crippen molar-refractivity contribution in [2.75, 3.05) is 19.0 Å². The first-order valence-electron chi connectivity index (χ1n) is 12.0. The number of carboxylic acid groups (broad SMARTS) is 1. The van der Waals surface area contributed by atoms with Crippen LogP contribution in [0.15, 0.2) is 71.6 Å². The van der Waals surface area contributed by atoms with E-state index in [0.717, 1.165) is 22.7 Å². The summed E-state index contributed by atoms with van der Waals surface area (Å²) in [6, 6.07) is 18.9. The predicted octanol–water partition coefficient (Wildman–Crippen LogP) is 3.44. The van der Waals surface area contributed by atoms with Crippen molar-refractivity contribution in [3.63, 3.8) is 0 Å². The molecule has 0 aliphatic heterocycles. The van der Waals surface area contributed by atoms with Gasteiger partial charge in [0.1, 0.15) is 6.04 Å². The highest BCUT2D eigenvalue weighted by molar-refractivity contribution is 7.89. The van der Waals surface area contributed by atoms with Crippen molar-refractivity contribution < 1.29 is 24.1 Å². The number of sulfonamides is 1. The lowest BCUT2D eigenvalue weighted by molar-refractivity contribution is -0.425. The summed E-state index contributed by atoms with van der Waals surface area (Å²) in [5.74, 6) is -1.22. The zero-order valence-corrected chi connectivity index (χ0v) is 21.3. The van der Waals surface area contributed by atoms with Gasteiger partial charge >= 0.3 is 5.97 Å². The van der Waals surface area contributed by atoms with Gasteiger partial charge in [0, 0.05) is 30.6 Å². The number of aliphatic carboxylic acids is 1. The molecule has 0 radical (unpaired) electrons. The standard InChI is InChI=1S/C21H22N2O4S.C6H13N/c1-23(2)19-12-6-11-17-16(19)10-7-13-20(17)28(26,27)22-18(21(24)25)14-15-8-4-3-5-9-15;7-6-4-2-1-3-5-6/h3-13,18,22H,14H2,1-2H3,(H,24,25);6H,1-5,7H2/p+1. The molecule has 8 heteroatoms. The van der Waals surface area contributed by atoms with Gasteiger partial charge in [-0.1, -0.05) is 61.0 Å². The second-order valence-electron chi connectivity index (χ2n) is 9.23.